The van der Waals surface area contributed by atoms with Gasteiger partial charge in [-0.15, -0.1) is 11.3 Å². The summed E-state index contributed by atoms with van der Waals surface area (Å²) >= 11 is 0.886. The highest BCUT2D eigenvalue weighted by Crippen LogP contribution is 2.19. The molecule has 0 unspecified atom stereocenters. The molecule has 0 fully saturated rings. The highest BCUT2D eigenvalue weighted by atomic mass is 32.2. The molecule has 1 aromatic heterocycles. The number of carbonyl (C=O) groups is 1. The van der Waals surface area contributed by atoms with Crippen molar-refractivity contribution < 1.29 is 23.1 Å². The zero-order valence-electron chi connectivity index (χ0n) is 9.17. The molecule has 0 saturated heterocycles. The first-order chi connectivity index (χ1) is 7.97. The van der Waals surface area contributed by atoms with Gasteiger partial charge in [-0.25, -0.2) is 17.9 Å². The average molecular weight is 279 g/mol. The summed E-state index contributed by atoms with van der Waals surface area (Å²) in [6.45, 7) is 0.726. The predicted octanol–water partition coefficient (Wildman–Crippen LogP) is 0.761. The fraction of sp³-hybridized carbons (Fsp3) is 0.444. The summed E-state index contributed by atoms with van der Waals surface area (Å²) < 4.78 is 30.6. The normalized spacial score (nSPS) is 11.6. The van der Waals surface area contributed by atoms with Crippen LogP contribution < -0.4 is 4.72 Å². The molecule has 96 valence electrons. The van der Waals surface area contributed by atoms with E-state index >= 15 is 0 Å². The Hall–Kier alpha value is -0.960. The minimum Gasteiger partial charge on any atom is -0.478 e. The van der Waals surface area contributed by atoms with Gasteiger partial charge in [0.1, 0.15) is 4.21 Å². The zero-order chi connectivity index (χ0) is 12.9. The van der Waals surface area contributed by atoms with Gasteiger partial charge < -0.3 is 9.84 Å². The fourth-order valence-electron chi connectivity index (χ4n) is 1.06. The van der Waals surface area contributed by atoms with Crippen LogP contribution in [0.25, 0.3) is 0 Å². The summed E-state index contributed by atoms with van der Waals surface area (Å²) in [6, 6.07) is 1.14. The molecule has 0 bridgehead atoms. The van der Waals surface area contributed by atoms with Crippen molar-refractivity contribution in [3.05, 3.63) is 17.0 Å². The maximum absolute atomic E-state index is 11.7. The second-order valence-electron chi connectivity index (χ2n) is 3.20. The van der Waals surface area contributed by atoms with Crippen LogP contribution in [0, 0.1) is 0 Å². The third-order valence-corrected chi connectivity index (χ3v) is 4.81. The van der Waals surface area contributed by atoms with Crippen LogP contribution in [0.2, 0.25) is 0 Å². The van der Waals surface area contributed by atoms with Crippen molar-refractivity contribution in [2.75, 3.05) is 20.3 Å². The Bertz CT molecular complexity index is 479. The van der Waals surface area contributed by atoms with Crippen LogP contribution in [0.3, 0.4) is 0 Å². The van der Waals surface area contributed by atoms with E-state index in [0.29, 0.717) is 13.0 Å². The Kier molecular flexibility index (Phi) is 5.06. The van der Waals surface area contributed by atoms with E-state index in [0.717, 1.165) is 17.4 Å². The van der Waals surface area contributed by atoms with Gasteiger partial charge >= 0.3 is 5.97 Å². The number of rotatable bonds is 7. The van der Waals surface area contributed by atoms with E-state index in [-0.39, 0.29) is 16.3 Å². The summed E-state index contributed by atoms with van der Waals surface area (Å²) in [5, 5.41) is 9.98. The number of thiophene rings is 1. The van der Waals surface area contributed by atoms with Crippen molar-refractivity contribution >= 4 is 27.3 Å². The van der Waals surface area contributed by atoms with E-state index in [1.165, 1.54) is 12.5 Å². The number of hydrogen-bond acceptors (Lipinski definition) is 5. The molecule has 0 saturated carbocycles. The molecule has 0 radical (unpaired) electrons. The second kappa shape index (κ2) is 6.10. The Balaban J connectivity index is 2.66. The first-order valence-electron chi connectivity index (χ1n) is 4.78. The Morgan fingerprint density at radius 1 is 1.59 bits per heavy atom. The molecule has 1 heterocycles. The van der Waals surface area contributed by atoms with Crippen molar-refractivity contribution in [3.63, 3.8) is 0 Å². The van der Waals surface area contributed by atoms with Gasteiger partial charge in [-0.05, 0) is 12.5 Å². The van der Waals surface area contributed by atoms with Crippen molar-refractivity contribution in [2.24, 2.45) is 0 Å². The number of carboxylic acids is 1. The Labute approximate surface area is 103 Å². The minimum absolute atomic E-state index is 0.00677. The van der Waals surface area contributed by atoms with Crippen LogP contribution in [0.15, 0.2) is 15.7 Å². The lowest BCUT2D eigenvalue weighted by Crippen LogP contribution is -2.24. The molecule has 1 aromatic rings. The summed E-state index contributed by atoms with van der Waals surface area (Å²) in [6.07, 6.45) is 0.562. The van der Waals surface area contributed by atoms with Gasteiger partial charge in [0, 0.05) is 25.6 Å². The van der Waals surface area contributed by atoms with Crippen LogP contribution in [-0.2, 0) is 14.8 Å². The molecule has 8 heteroatoms. The average Bonchev–Trinajstić information content (AvgIpc) is 2.74. The zero-order valence-corrected chi connectivity index (χ0v) is 10.8. The third kappa shape index (κ3) is 4.08. The Morgan fingerprint density at radius 3 is 2.82 bits per heavy atom. The fourth-order valence-corrected chi connectivity index (χ4v) is 3.34. The van der Waals surface area contributed by atoms with E-state index in [4.69, 9.17) is 9.84 Å². The van der Waals surface area contributed by atoms with E-state index < -0.39 is 16.0 Å². The van der Waals surface area contributed by atoms with Crippen molar-refractivity contribution in [1.29, 1.82) is 0 Å². The predicted molar refractivity (Wildman–Crippen MR) is 63.0 cm³/mol. The van der Waals surface area contributed by atoms with Gasteiger partial charge in [0.05, 0.1) is 5.56 Å². The number of hydrogen-bond donors (Lipinski definition) is 2. The van der Waals surface area contributed by atoms with Crippen LogP contribution >= 0.6 is 11.3 Å². The molecular weight excluding hydrogens is 266 g/mol. The molecule has 0 aliphatic heterocycles. The van der Waals surface area contributed by atoms with Gasteiger partial charge in [-0.1, -0.05) is 0 Å². The van der Waals surface area contributed by atoms with Crippen LogP contribution in [0.1, 0.15) is 16.8 Å². The summed E-state index contributed by atoms with van der Waals surface area (Å²) in [5.74, 6) is -1.14. The van der Waals surface area contributed by atoms with Gasteiger partial charge in [-0.2, -0.15) is 0 Å². The molecule has 0 amide bonds. The van der Waals surface area contributed by atoms with E-state index in [2.05, 4.69) is 4.72 Å². The number of aromatic carboxylic acids is 1. The number of sulfonamides is 1. The monoisotopic (exact) mass is 279 g/mol. The molecule has 1 rings (SSSR count). The summed E-state index contributed by atoms with van der Waals surface area (Å²) in [4.78, 5) is 10.6. The number of carboxylic acid groups (broad SMARTS) is 1. The molecule has 0 aliphatic rings. The summed E-state index contributed by atoms with van der Waals surface area (Å²) in [5.41, 5.74) is -0.0210. The van der Waals surface area contributed by atoms with Gasteiger partial charge in [0.25, 0.3) is 0 Å². The second-order valence-corrected chi connectivity index (χ2v) is 6.11. The number of methoxy groups -OCH3 is 1. The highest BCUT2D eigenvalue weighted by molar-refractivity contribution is 7.91. The molecular formula is C9H13NO5S2. The van der Waals surface area contributed by atoms with Crippen molar-refractivity contribution in [1.82, 2.24) is 4.72 Å². The molecule has 17 heavy (non-hydrogen) atoms. The molecule has 0 spiro atoms. The van der Waals surface area contributed by atoms with Gasteiger partial charge in [0.15, 0.2) is 0 Å². The van der Waals surface area contributed by atoms with Crippen LogP contribution in [0.4, 0.5) is 0 Å². The topological polar surface area (TPSA) is 92.7 Å². The minimum atomic E-state index is -3.60. The highest BCUT2D eigenvalue weighted by Gasteiger charge is 2.18. The first kappa shape index (κ1) is 14.1. The lowest BCUT2D eigenvalue weighted by atomic mass is 10.4. The van der Waals surface area contributed by atoms with E-state index in [9.17, 15) is 13.2 Å². The number of ether oxygens (including phenoxy) is 1. The van der Waals surface area contributed by atoms with Crippen LogP contribution in [-0.4, -0.2) is 39.8 Å². The lowest BCUT2D eigenvalue weighted by molar-refractivity contribution is 0.0697. The SMILES string of the molecule is COCCCNS(=O)(=O)c1cc(C(=O)O)cs1. The van der Waals surface area contributed by atoms with E-state index in [1.807, 2.05) is 0 Å². The summed E-state index contributed by atoms with van der Waals surface area (Å²) in [7, 11) is -2.07. The van der Waals surface area contributed by atoms with Crippen molar-refractivity contribution in [2.45, 2.75) is 10.6 Å². The molecule has 6 nitrogen and oxygen atoms in total. The molecule has 2 N–H and O–H groups in total. The maximum Gasteiger partial charge on any atom is 0.336 e. The first-order valence-corrected chi connectivity index (χ1v) is 7.14. The molecule has 0 aromatic carbocycles. The maximum atomic E-state index is 11.7. The third-order valence-electron chi connectivity index (χ3n) is 1.90. The van der Waals surface area contributed by atoms with Gasteiger partial charge in [0.2, 0.25) is 10.0 Å². The Morgan fingerprint density at radius 2 is 2.29 bits per heavy atom. The van der Waals surface area contributed by atoms with Crippen molar-refractivity contribution in [3.8, 4) is 0 Å². The largest absolute Gasteiger partial charge is 0.478 e. The smallest absolute Gasteiger partial charge is 0.336 e. The number of nitrogens with one attached hydrogen (secondary N) is 1. The van der Waals surface area contributed by atoms with Gasteiger partial charge in [-0.3, -0.25) is 0 Å². The lowest BCUT2D eigenvalue weighted by Gasteiger charge is -2.03. The molecule has 0 aliphatic carbocycles. The quantitative estimate of drug-likeness (QED) is 0.719. The van der Waals surface area contributed by atoms with E-state index in [1.54, 1.807) is 0 Å². The van der Waals surface area contributed by atoms with Crippen LogP contribution in [0.5, 0.6) is 0 Å². The standard InChI is InChI=1S/C9H13NO5S2/c1-15-4-2-3-10-17(13,14)8-5-7(6-16-8)9(11)12/h5-6,10H,2-4H2,1H3,(H,11,12). The molecule has 0 atom stereocenters.